The van der Waals surface area contributed by atoms with Crippen molar-refractivity contribution in [1.29, 1.82) is 0 Å². The van der Waals surface area contributed by atoms with E-state index in [2.05, 4.69) is 20.8 Å². The summed E-state index contributed by atoms with van der Waals surface area (Å²) in [7, 11) is 3.40. The highest BCUT2D eigenvalue weighted by Crippen LogP contribution is 2.25. The molecule has 0 aliphatic rings. The van der Waals surface area contributed by atoms with Crippen molar-refractivity contribution in [1.82, 2.24) is 9.80 Å². The van der Waals surface area contributed by atoms with Gasteiger partial charge < -0.3 is 15.5 Å². The maximum Gasteiger partial charge on any atom is 0.241 e. The number of carbonyl (C=O) groups excluding carboxylic acids is 2. The van der Waals surface area contributed by atoms with Crippen LogP contribution in [0.15, 0.2) is 0 Å². The zero-order valence-corrected chi connectivity index (χ0v) is 13.9. The van der Waals surface area contributed by atoms with E-state index in [0.717, 1.165) is 12.8 Å². The monoisotopic (exact) mass is 285 g/mol. The zero-order chi connectivity index (χ0) is 15.9. The molecule has 2 N–H and O–H groups in total. The molecule has 20 heavy (non-hydrogen) atoms. The van der Waals surface area contributed by atoms with E-state index in [4.69, 9.17) is 5.73 Å². The summed E-state index contributed by atoms with van der Waals surface area (Å²) < 4.78 is 0. The summed E-state index contributed by atoms with van der Waals surface area (Å²) in [5.74, 6) is -0.269. The molecule has 0 bridgehead atoms. The lowest BCUT2D eigenvalue weighted by molar-refractivity contribution is -0.142. The summed E-state index contributed by atoms with van der Waals surface area (Å²) >= 11 is 0. The fourth-order valence-electron chi connectivity index (χ4n) is 2.11. The number of amides is 2. The summed E-state index contributed by atoms with van der Waals surface area (Å²) in [6.45, 7) is 9.35. The Bertz CT molecular complexity index is 322. The fourth-order valence-corrected chi connectivity index (χ4v) is 2.11. The van der Waals surface area contributed by atoms with Gasteiger partial charge in [-0.2, -0.15) is 0 Å². The first-order chi connectivity index (χ1) is 9.12. The smallest absolute Gasteiger partial charge is 0.241 e. The molecule has 1 unspecified atom stereocenters. The molecule has 1 atom stereocenters. The molecule has 0 aromatic carbocycles. The van der Waals surface area contributed by atoms with Gasteiger partial charge >= 0.3 is 0 Å². The lowest BCUT2D eigenvalue weighted by Crippen LogP contribution is -2.45. The molecule has 5 nitrogen and oxygen atoms in total. The first-order valence-electron chi connectivity index (χ1n) is 7.31. The largest absolute Gasteiger partial charge is 0.347 e. The van der Waals surface area contributed by atoms with Crippen molar-refractivity contribution in [2.24, 2.45) is 17.1 Å². The van der Waals surface area contributed by atoms with Gasteiger partial charge in [0.15, 0.2) is 0 Å². The predicted octanol–water partition coefficient (Wildman–Crippen LogP) is 1.32. The third-order valence-electron chi connectivity index (χ3n) is 3.12. The Morgan fingerprint density at radius 1 is 1.20 bits per heavy atom. The average Bonchev–Trinajstić information content (AvgIpc) is 2.33. The molecule has 118 valence electrons. The minimum Gasteiger partial charge on any atom is -0.347 e. The average molecular weight is 285 g/mol. The lowest BCUT2D eigenvalue weighted by atomic mass is 9.84. The van der Waals surface area contributed by atoms with Crippen LogP contribution in [0.4, 0.5) is 0 Å². The number of hydrogen-bond acceptors (Lipinski definition) is 3. The van der Waals surface area contributed by atoms with Crippen molar-refractivity contribution < 1.29 is 9.59 Å². The molecular weight excluding hydrogens is 254 g/mol. The summed E-state index contributed by atoms with van der Waals surface area (Å²) in [6.07, 6.45) is 1.57. The second kappa shape index (κ2) is 8.25. The topological polar surface area (TPSA) is 66.6 Å². The third kappa shape index (κ3) is 6.89. The van der Waals surface area contributed by atoms with Gasteiger partial charge in [-0.15, -0.1) is 0 Å². The van der Waals surface area contributed by atoms with Crippen LogP contribution in [0.2, 0.25) is 0 Å². The fraction of sp³-hybridized carbons (Fsp3) is 0.867. The van der Waals surface area contributed by atoms with Gasteiger partial charge in [-0.05, 0) is 18.3 Å². The Morgan fingerprint density at radius 3 is 2.10 bits per heavy atom. The SMILES string of the molecule is CCCN(CC(=O)N(C)C)C(=O)C(CN)CC(C)(C)C. The number of hydrogen-bond donors (Lipinski definition) is 1. The summed E-state index contributed by atoms with van der Waals surface area (Å²) in [4.78, 5) is 27.6. The van der Waals surface area contributed by atoms with Gasteiger partial charge in [0.25, 0.3) is 0 Å². The normalized spacial score (nSPS) is 12.9. The predicted molar refractivity (Wildman–Crippen MR) is 82.2 cm³/mol. The molecule has 0 aliphatic carbocycles. The lowest BCUT2D eigenvalue weighted by Gasteiger charge is -2.30. The van der Waals surface area contributed by atoms with Gasteiger partial charge in [0.05, 0.1) is 12.5 Å². The number of likely N-dealkylation sites (N-methyl/N-ethyl adjacent to an activating group) is 1. The highest BCUT2D eigenvalue weighted by atomic mass is 16.2. The molecular formula is C15H31N3O2. The van der Waals surface area contributed by atoms with Gasteiger partial charge in [-0.3, -0.25) is 9.59 Å². The van der Waals surface area contributed by atoms with Crippen LogP contribution in [0, 0.1) is 11.3 Å². The molecule has 0 fully saturated rings. The maximum atomic E-state index is 12.6. The molecule has 0 rings (SSSR count). The van der Waals surface area contributed by atoms with Crippen LogP contribution in [0.5, 0.6) is 0 Å². The minimum absolute atomic E-state index is 0.000486. The molecule has 0 saturated carbocycles. The van der Waals surface area contributed by atoms with Crippen LogP contribution in [0.3, 0.4) is 0 Å². The van der Waals surface area contributed by atoms with Crippen LogP contribution in [0.25, 0.3) is 0 Å². The molecule has 5 heteroatoms. The Labute approximate surface area is 123 Å². The Morgan fingerprint density at radius 2 is 1.75 bits per heavy atom. The Kier molecular flexibility index (Phi) is 7.79. The van der Waals surface area contributed by atoms with Crippen LogP contribution < -0.4 is 5.73 Å². The van der Waals surface area contributed by atoms with E-state index in [-0.39, 0.29) is 29.7 Å². The first kappa shape index (κ1) is 18.9. The van der Waals surface area contributed by atoms with Crippen LogP contribution in [0.1, 0.15) is 40.5 Å². The zero-order valence-electron chi connectivity index (χ0n) is 13.9. The van der Waals surface area contributed by atoms with E-state index in [1.165, 1.54) is 4.90 Å². The molecule has 0 heterocycles. The van der Waals surface area contributed by atoms with Gasteiger partial charge in [0.1, 0.15) is 0 Å². The highest BCUT2D eigenvalue weighted by Gasteiger charge is 2.28. The van der Waals surface area contributed by atoms with E-state index >= 15 is 0 Å². The third-order valence-corrected chi connectivity index (χ3v) is 3.12. The van der Waals surface area contributed by atoms with E-state index in [0.29, 0.717) is 13.1 Å². The second-order valence-electron chi connectivity index (χ2n) is 6.75. The first-order valence-corrected chi connectivity index (χ1v) is 7.31. The van der Waals surface area contributed by atoms with E-state index in [1.807, 2.05) is 6.92 Å². The summed E-state index contributed by atoms with van der Waals surface area (Å²) in [5.41, 5.74) is 5.81. The van der Waals surface area contributed by atoms with Crippen LogP contribution in [-0.2, 0) is 9.59 Å². The Balaban J connectivity index is 4.88. The number of rotatable bonds is 7. The molecule has 0 aromatic rings. The quantitative estimate of drug-likeness (QED) is 0.767. The van der Waals surface area contributed by atoms with E-state index < -0.39 is 0 Å². The van der Waals surface area contributed by atoms with Crippen LogP contribution >= 0.6 is 0 Å². The van der Waals surface area contributed by atoms with E-state index in [1.54, 1.807) is 19.0 Å². The van der Waals surface area contributed by atoms with Crippen molar-refractivity contribution in [3.05, 3.63) is 0 Å². The minimum atomic E-state index is -0.212. The number of nitrogens with two attached hydrogens (primary N) is 1. The number of carbonyl (C=O) groups is 2. The molecule has 0 radical (unpaired) electrons. The maximum absolute atomic E-state index is 12.6. The van der Waals surface area contributed by atoms with E-state index in [9.17, 15) is 9.59 Å². The standard InChI is InChI=1S/C15H31N3O2/c1-7-8-18(11-13(19)17(5)6)14(20)12(10-16)9-15(2,3)4/h12H,7-11,16H2,1-6H3. The van der Waals surface area contributed by atoms with Crippen molar-refractivity contribution in [2.45, 2.75) is 40.5 Å². The van der Waals surface area contributed by atoms with Crippen molar-refractivity contribution in [3.63, 3.8) is 0 Å². The van der Waals surface area contributed by atoms with Crippen LogP contribution in [-0.4, -0.2) is 55.3 Å². The van der Waals surface area contributed by atoms with Gasteiger partial charge in [-0.1, -0.05) is 27.7 Å². The second-order valence-corrected chi connectivity index (χ2v) is 6.75. The molecule has 0 aliphatic heterocycles. The highest BCUT2D eigenvalue weighted by molar-refractivity contribution is 5.85. The Hall–Kier alpha value is -1.10. The molecule has 2 amide bonds. The van der Waals surface area contributed by atoms with Gasteiger partial charge in [0, 0.05) is 27.2 Å². The van der Waals surface area contributed by atoms with Gasteiger partial charge in [-0.25, -0.2) is 0 Å². The van der Waals surface area contributed by atoms with Gasteiger partial charge in [0.2, 0.25) is 11.8 Å². The number of nitrogens with zero attached hydrogens (tertiary/aromatic N) is 2. The van der Waals surface area contributed by atoms with Crippen molar-refractivity contribution in [3.8, 4) is 0 Å². The molecule has 0 aromatic heterocycles. The molecule has 0 spiro atoms. The van der Waals surface area contributed by atoms with Crippen molar-refractivity contribution in [2.75, 3.05) is 33.7 Å². The molecule has 0 saturated heterocycles. The summed E-state index contributed by atoms with van der Waals surface area (Å²) in [5, 5.41) is 0. The summed E-state index contributed by atoms with van der Waals surface area (Å²) in [6, 6.07) is 0. The van der Waals surface area contributed by atoms with Crippen molar-refractivity contribution >= 4 is 11.8 Å².